The van der Waals surface area contributed by atoms with E-state index < -0.39 is 0 Å². The van der Waals surface area contributed by atoms with Gasteiger partial charge in [0.25, 0.3) is 0 Å². The highest BCUT2D eigenvalue weighted by molar-refractivity contribution is 9.10. The first-order chi connectivity index (χ1) is 9.29. The number of ether oxygens (including phenoxy) is 1. The minimum atomic E-state index is -0.167. The molecule has 20 heavy (non-hydrogen) atoms. The number of halogens is 2. The maximum atomic E-state index is 13.9. The molecule has 0 aliphatic carbocycles. The number of likely N-dealkylation sites (N-methyl/N-ethyl adjacent to an activating group) is 1. The summed E-state index contributed by atoms with van der Waals surface area (Å²) in [6.45, 7) is 9.31. The third-order valence-electron chi connectivity index (χ3n) is 3.39. The van der Waals surface area contributed by atoms with Crippen molar-refractivity contribution in [1.29, 1.82) is 0 Å². The predicted octanol–water partition coefficient (Wildman–Crippen LogP) is 4.17. The van der Waals surface area contributed by atoms with E-state index in [2.05, 4.69) is 48.9 Å². The molecule has 0 radical (unpaired) electrons. The Morgan fingerprint density at radius 3 is 2.50 bits per heavy atom. The Balaban J connectivity index is 2.99. The van der Waals surface area contributed by atoms with Crippen molar-refractivity contribution in [3.05, 3.63) is 34.1 Å². The molecular weight excluding hydrogens is 321 g/mol. The molecule has 114 valence electrons. The Hall–Kier alpha value is -0.450. The number of benzene rings is 1. The maximum Gasteiger partial charge on any atom is 0.126 e. The molecule has 1 aromatic carbocycles. The fourth-order valence-electron chi connectivity index (χ4n) is 2.61. The van der Waals surface area contributed by atoms with Crippen LogP contribution in [0.3, 0.4) is 0 Å². The second kappa shape index (κ2) is 7.53. The highest BCUT2D eigenvalue weighted by atomic mass is 79.9. The van der Waals surface area contributed by atoms with E-state index in [1.165, 1.54) is 6.07 Å². The van der Waals surface area contributed by atoms with E-state index in [1.807, 2.05) is 6.07 Å². The van der Waals surface area contributed by atoms with Gasteiger partial charge in [0.05, 0.1) is 6.10 Å². The Bertz CT molecular complexity index is 431. The molecule has 0 amide bonds. The average molecular weight is 346 g/mol. The highest BCUT2D eigenvalue weighted by Gasteiger charge is 2.32. The normalized spacial score (nSPS) is 15.2. The standard InChI is InChI=1S/C16H25BrFNO/c1-6-19-14(15(20-5)16(2,3)4)10-11-9-12(17)7-8-13(11)18/h7-9,14-15,19H,6,10H2,1-5H3. The van der Waals surface area contributed by atoms with Gasteiger partial charge in [0.15, 0.2) is 0 Å². The molecule has 1 N–H and O–H groups in total. The van der Waals surface area contributed by atoms with Gasteiger partial charge in [0.2, 0.25) is 0 Å². The van der Waals surface area contributed by atoms with Crippen LogP contribution in [-0.2, 0) is 11.2 Å². The summed E-state index contributed by atoms with van der Waals surface area (Å²) in [7, 11) is 1.72. The Morgan fingerprint density at radius 1 is 1.35 bits per heavy atom. The van der Waals surface area contributed by atoms with E-state index in [-0.39, 0.29) is 23.4 Å². The first-order valence-corrected chi connectivity index (χ1v) is 7.79. The van der Waals surface area contributed by atoms with Crippen molar-refractivity contribution < 1.29 is 9.13 Å². The maximum absolute atomic E-state index is 13.9. The summed E-state index contributed by atoms with van der Waals surface area (Å²) < 4.78 is 20.5. The van der Waals surface area contributed by atoms with Gasteiger partial charge in [-0.1, -0.05) is 43.6 Å². The second-order valence-corrected chi connectivity index (χ2v) is 7.04. The van der Waals surface area contributed by atoms with E-state index in [4.69, 9.17) is 4.74 Å². The lowest BCUT2D eigenvalue weighted by Gasteiger charge is -2.36. The smallest absolute Gasteiger partial charge is 0.126 e. The fourth-order valence-corrected chi connectivity index (χ4v) is 3.01. The van der Waals surface area contributed by atoms with Gasteiger partial charge in [-0.05, 0) is 42.1 Å². The Morgan fingerprint density at radius 2 is 2.00 bits per heavy atom. The third-order valence-corrected chi connectivity index (χ3v) is 3.88. The van der Waals surface area contributed by atoms with Gasteiger partial charge in [-0.3, -0.25) is 0 Å². The molecular formula is C16H25BrFNO. The van der Waals surface area contributed by atoms with Crippen LogP contribution < -0.4 is 5.32 Å². The summed E-state index contributed by atoms with van der Waals surface area (Å²) in [5.74, 6) is -0.167. The van der Waals surface area contributed by atoms with Crippen LogP contribution in [0.25, 0.3) is 0 Å². The van der Waals surface area contributed by atoms with Crippen molar-refractivity contribution in [3.8, 4) is 0 Å². The summed E-state index contributed by atoms with van der Waals surface area (Å²) >= 11 is 3.40. The lowest BCUT2D eigenvalue weighted by molar-refractivity contribution is -0.0108. The van der Waals surface area contributed by atoms with Crippen molar-refractivity contribution >= 4 is 15.9 Å². The van der Waals surface area contributed by atoms with Gasteiger partial charge in [-0.25, -0.2) is 4.39 Å². The largest absolute Gasteiger partial charge is 0.379 e. The summed E-state index contributed by atoms with van der Waals surface area (Å²) in [4.78, 5) is 0. The van der Waals surface area contributed by atoms with Crippen LogP contribution in [-0.4, -0.2) is 25.8 Å². The Labute approximate surface area is 130 Å². The third kappa shape index (κ3) is 4.83. The van der Waals surface area contributed by atoms with Crippen LogP contribution >= 0.6 is 15.9 Å². The van der Waals surface area contributed by atoms with E-state index in [0.717, 1.165) is 11.0 Å². The molecule has 0 spiro atoms. The fraction of sp³-hybridized carbons (Fsp3) is 0.625. The number of rotatable bonds is 6. The predicted molar refractivity (Wildman–Crippen MR) is 85.5 cm³/mol. The van der Waals surface area contributed by atoms with Gasteiger partial charge in [-0.15, -0.1) is 0 Å². The zero-order valence-corrected chi connectivity index (χ0v) is 14.6. The van der Waals surface area contributed by atoms with Crippen molar-refractivity contribution in [2.75, 3.05) is 13.7 Å². The molecule has 1 rings (SSSR count). The zero-order valence-electron chi connectivity index (χ0n) is 13.0. The van der Waals surface area contributed by atoms with E-state index in [1.54, 1.807) is 13.2 Å². The van der Waals surface area contributed by atoms with Crippen LogP contribution in [0.5, 0.6) is 0 Å². The molecule has 0 heterocycles. The number of methoxy groups -OCH3 is 1. The van der Waals surface area contributed by atoms with Crippen LogP contribution in [0.1, 0.15) is 33.3 Å². The minimum Gasteiger partial charge on any atom is -0.379 e. The molecule has 2 nitrogen and oxygen atoms in total. The molecule has 0 fully saturated rings. The number of hydrogen-bond donors (Lipinski definition) is 1. The van der Waals surface area contributed by atoms with Crippen LogP contribution in [0.2, 0.25) is 0 Å². The summed E-state index contributed by atoms with van der Waals surface area (Å²) in [6, 6.07) is 5.14. The topological polar surface area (TPSA) is 21.3 Å². The van der Waals surface area contributed by atoms with Crippen molar-refractivity contribution in [3.63, 3.8) is 0 Å². The quantitative estimate of drug-likeness (QED) is 0.835. The monoisotopic (exact) mass is 345 g/mol. The van der Waals surface area contributed by atoms with E-state index in [9.17, 15) is 4.39 Å². The first kappa shape index (κ1) is 17.6. The molecule has 0 bridgehead atoms. The van der Waals surface area contributed by atoms with Gasteiger partial charge >= 0.3 is 0 Å². The molecule has 2 atom stereocenters. The van der Waals surface area contributed by atoms with Crippen LogP contribution in [0.15, 0.2) is 22.7 Å². The molecule has 2 unspecified atom stereocenters. The van der Waals surface area contributed by atoms with Gasteiger partial charge < -0.3 is 10.1 Å². The number of hydrogen-bond acceptors (Lipinski definition) is 2. The van der Waals surface area contributed by atoms with Gasteiger partial charge in [-0.2, -0.15) is 0 Å². The average Bonchev–Trinajstić information content (AvgIpc) is 2.33. The summed E-state index contributed by atoms with van der Waals surface area (Å²) in [6.07, 6.45) is 0.621. The molecule has 1 aromatic rings. The van der Waals surface area contributed by atoms with E-state index in [0.29, 0.717) is 12.0 Å². The molecule has 0 aliphatic rings. The summed E-state index contributed by atoms with van der Waals surface area (Å²) in [5.41, 5.74) is 0.695. The molecule has 0 aliphatic heterocycles. The molecule has 0 aromatic heterocycles. The van der Waals surface area contributed by atoms with E-state index >= 15 is 0 Å². The molecule has 0 saturated carbocycles. The minimum absolute atomic E-state index is 0.00985. The Kier molecular flexibility index (Phi) is 6.62. The number of nitrogens with one attached hydrogen (secondary N) is 1. The molecule has 0 saturated heterocycles. The summed E-state index contributed by atoms with van der Waals surface area (Å²) in [5, 5.41) is 3.43. The van der Waals surface area contributed by atoms with Gasteiger partial charge in [0.1, 0.15) is 5.82 Å². The van der Waals surface area contributed by atoms with Crippen molar-refractivity contribution in [2.24, 2.45) is 5.41 Å². The van der Waals surface area contributed by atoms with Crippen molar-refractivity contribution in [2.45, 2.75) is 46.3 Å². The van der Waals surface area contributed by atoms with Crippen LogP contribution in [0, 0.1) is 11.2 Å². The van der Waals surface area contributed by atoms with Gasteiger partial charge in [0, 0.05) is 17.6 Å². The van der Waals surface area contributed by atoms with Crippen LogP contribution in [0.4, 0.5) is 4.39 Å². The SMILES string of the molecule is CCNC(Cc1cc(Br)ccc1F)C(OC)C(C)(C)C. The van der Waals surface area contributed by atoms with Crippen molar-refractivity contribution in [1.82, 2.24) is 5.32 Å². The lowest BCUT2D eigenvalue weighted by Crippen LogP contribution is -2.49. The highest BCUT2D eigenvalue weighted by Crippen LogP contribution is 2.27. The zero-order chi connectivity index (χ0) is 15.3. The lowest BCUT2D eigenvalue weighted by atomic mass is 9.82. The first-order valence-electron chi connectivity index (χ1n) is 6.99. The second-order valence-electron chi connectivity index (χ2n) is 6.13. The molecule has 4 heteroatoms.